The lowest BCUT2D eigenvalue weighted by Crippen LogP contribution is -2.50. The number of nitrogens with zero attached hydrogens (tertiary/aromatic N) is 1. The van der Waals surface area contributed by atoms with Crippen LogP contribution in [0.15, 0.2) is 42.5 Å². The van der Waals surface area contributed by atoms with Crippen molar-refractivity contribution in [2.24, 2.45) is 0 Å². The molecule has 0 bridgehead atoms. The third kappa shape index (κ3) is 5.26. The molecular weight excluding hydrogens is 424 g/mol. The summed E-state index contributed by atoms with van der Waals surface area (Å²) in [6, 6.07) is 12.9. The molecule has 0 saturated heterocycles. The number of benzene rings is 2. The van der Waals surface area contributed by atoms with Crippen molar-refractivity contribution in [3.05, 3.63) is 58.6 Å². The second-order valence-corrected chi connectivity index (χ2v) is 10.8. The maximum Gasteiger partial charge on any atom is 0.263 e. The van der Waals surface area contributed by atoms with Crippen LogP contribution in [0, 0.1) is 0 Å². The average molecular weight is 451 g/mol. The molecule has 2 aromatic carbocycles. The van der Waals surface area contributed by atoms with E-state index in [0.717, 1.165) is 17.4 Å². The van der Waals surface area contributed by atoms with E-state index in [1.807, 2.05) is 24.3 Å². The summed E-state index contributed by atoms with van der Waals surface area (Å²) in [5.41, 5.74) is 2.36. The molecule has 1 heterocycles. The lowest BCUT2D eigenvalue weighted by atomic mass is 9.86. The molecule has 1 N–H and O–H groups in total. The molecule has 6 nitrogen and oxygen atoms in total. The standard InChI is InChI=1S/C22H27ClN2O4S/c1-22(2,3)16-7-10-19-18(13-16)25(30(4,27)28)14-20(29-19)21(26)24-12-11-15-5-8-17(23)9-6-15/h5-10,13,20H,11-12,14H2,1-4H3,(H,24,26)/t20-/m0/s1. The molecule has 1 amide bonds. The lowest BCUT2D eigenvalue weighted by molar-refractivity contribution is -0.127. The molecule has 162 valence electrons. The van der Waals surface area contributed by atoms with Crippen LogP contribution in [0.2, 0.25) is 5.02 Å². The zero-order valence-corrected chi connectivity index (χ0v) is 19.2. The first kappa shape index (κ1) is 22.4. The molecule has 0 saturated carbocycles. The number of carbonyl (C=O) groups is 1. The van der Waals surface area contributed by atoms with Crippen molar-refractivity contribution in [3.8, 4) is 5.75 Å². The molecule has 8 heteroatoms. The minimum Gasteiger partial charge on any atom is -0.476 e. The zero-order valence-electron chi connectivity index (χ0n) is 17.6. The number of halogens is 1. The maximum atomic E-state index is 12.7. The predicted octanol–water partition coefficient (Wildman–Crippen LogP) is 3.52. The number of sulfonamides is 1. The molecule has 1 aliphatic heterocycles. The number of anilines is 1. The van der Waals surface area contributed by atoms with Crippen LogP contribution in [-0.4, -0.2) is 39.8 Å². The van der Waals surface area contributed by atoms with E-state index in [-0.39, 0.29) is 17.9 Å². The van der Waals surface area contributed by atoms with E-state index in [0.29, 0.717) is 29.4 Å². The van der Waals surface area contributed by atoms with Crippen molar-refractivity contribution in [2.45, 2.75) is 38.7 Å². The van der Waals surface area contributed by atoms with Crippen LogP contribution < -0.4 is 14.4 Å². The average Bonchev–Trinajstić information content (AvgIpc) is 2.66. The van der Waals surface area contributed by atoms with Crippen molar-refractivity contribution in [2.75, 3.05) is 23.7 Å². The van der Waals surface area contributed by atoms with Gasteiger partial charge in [-0.2, -0.15) is 0 Å². The van der Waals surface area contributed by atoms with E-state index in [2.05, 4.69) is 26.1 Å². The van der Waals surface area contributed by atoms with Crippen LogP contribution in [0.4, 0.5) is 5.69 Å². The Morgan fingerprint density at radius 1 is 1.20 bits per heavy atom. The number of rotatable bonds is 5. The van der Waals surface area contributed by atoms with Crippen LogP contribution in [0.3, 0.4) is 0 Å². The number of hydrogen-bond acceptors (Lipinski definition) is 4. The monoisotopic (exact) mass is 450 g/mol. The summed E-state index contributed by atoms with van der Waals surface area (Å²) in [4.78, 5) is 12.7. The minimum absolute atomic E-state index is 0.0633. The number of amides is 1. The van der Waals surface area contributed by atoms with E-state index in [9.17, 15) is 13.2 Å². The third-order valence-electron chi connectivity index (χ3n) is 5.01. The molecule has 3 rings (SSSR count). The van der Waals surface area contributed by atoms with Gasteiger partial charge in [0, 0.05) is 11.6 Å². The topological polar surface area (TPSA) is 75.7 Å². The molecule has 0 fully saturated rings. The van der Waals surface area contributed by atoms with E-state index in [1.54, 1.807) is 18.2 Å². The highest BCUT2D eigenvalue weighted by Gasteiger charge is 2.35. The van der Waals surface area contributed by atoms with E-state index < -0.39 is 16.1 Å². The van der Waals surface area contributed by atoms with Crippen molar-refractivity contribution in [1.82, 2.24) is 5.32 Å². The van der Waals surface area contributed by atoms with Gasteiger partial charge in [-0.3, -0.25) is 9.10 Å². The van der Waals surface area contributed by atoms with Crippen LogP contribution in [0.5, 0.6) is 5.75 Å². The molecule has 0 spiro atoms. The Kier molecular flexibility index (Phi) is 6.34. The van der Waals surface area contributed by atoms with Gasteiger partial charge < -0.3 is 10.1 Å². The SMILES string of the molecule is CC(C)(C)c1ccc2c(c1)N(S(C)(=O)=O)C[C@@H](C(=O)NCCc1ccc(Cl)cc1)O2. The Bertz CT molecular complexity index is 1030. The van der Waals surface area contributed by atoms with Crippen LogP contribution in [-0.2, 0) is 26.7 Å². The maximum absolute atomic E-state index is 12.7. The normalized spacial score (nSPS) is 16.6. The second kappa shape index (κ2) is 8.47. The number of nitrogens with one attached hydrogen (secondary N) is 1. The molecule has 1 aliphatic rings. The summed E-state index contributed by atoms with van der Waals surface area (Å²) in [6.07, 6.45) is 0.858. The molecule has 0 unspecified atom stereocenters. The molecular formula is C22H27ClN2O4S. The van der Waals surface area contributed by atoms with E-state index in [1.165, 1.54) is 4.31 Å². The lowest BCUT2D eigenvalue weighted by Gasteiger charge is -2.35. The van der Waals surface area contributed by atoms with E-state index in [4.69, 9.17) is 16.3 Å². The first-order chi connectivity index (χ1) is 13.9. The summed E-state index contributed by atoms with van der Waals surface area (Å²) >= 11 is 5.88. The van der Waals surface area contributed by atoms with Gasteiger partial charge in [0.05, 0.1) is 18.5 Å². The van der Waals surface area contributed by atoms with Crippen LogP contribution >= 0.6 is 11.6 Å². The van der Waals surface area contributed by atoms with Crippen molar-refractivity contribution < 1.29 is 17.9 Å². The molecule has 0 aromatic heterocycles. The fourth-order valence-electron chi connectivity index (χ4n) is 3.26. The van der Waals surface area contributed by atoms with Gasteiger partial charge in [-0.05, 0) is 47.2 Å². The fourth-order valence-corrected chi connectivity index (χ4v) is 4.30. The Hall–Kier alpha value is -2.25. The van der Waals surface area contributed by atoms with Gasteiger partial charge in [0.15, 0.2) is 6.10 Å². The summed E-state index contributed by atoms with van der Waals surface area (Å²) in [5, 5.41) is 3.50. The van der Waals surface area contributed by atoms with Crippen LogP contribution in [0.25, 0.3) is 0 Å². The number of hydrogen-bond donors (Lipinski definition) is 1. The van der Waals surface area contributed by atoms with Gasteiger partial charge in [-0.25, -0.2) is 8.42 Å². The zero-order chi connectivity index (χ0) is 22.1. The third-order valence-corrected chi connectivity index (χ3v) is 6.41. The first-order valence-electron chi connectivity index (χ1n) is 9.76. The number of carbonyl (C=O) groups excluding carboxylic acids is 1. The van der Waals surface area contributed by atoms with Crippen LogP contribution in [0.1, 0.15) is 31.9 Å². The van der Waals surface area contributed by atoms with Crippen molar-refractivity contribution in [1.29, 1.82) is 0 Å². The fraction of sp³-hybridized carbons (Fsp3) is 0.409. The Morgan fingerprint density at radius 3 is 2.47 bits per heavy atom. The molecule has 2 aromatic rings. The number of ether oxygens (including phenoxy) is 1. The van der Waals surface area contributed by atoms with Gasteiger partial charge in [-0.15, -0.1) is 0 Å². The van der Waals surface area contributed by atoms with Gasteiger partial charge in [0.2, 0.25) is 10.0 Å². The Balaban J connectivity index is 1.74. The summed E-state index contributed by atoms with van der Waals surface area (Å²) in [6.45, 7) is 6.52. The van der Waals surface area contributed by atoms with Gasteiger partial charge >= 0.3 is 0 Å². The second-order valence-electron chi connectivity index (χ2n) is 8.50. The molecule has 30 heavy (non-hydrogen) atoms. The highest BCUT2D eigenvalue weighted by molar-refractivity contribution is 7.92. The largest absolute Gasteiger partial charge is 0.476 e. The smallest absolute Gasteiger partial charge is 0.263 e. The van der Waals surface area contributed by atoms with Gasteiger partial charge in [0.1, 0.15) is 5.75 Å². The van der Waals surface area contributed by atoms with Gasteiger partial charge in [0.25, 0.3) is 5.91 Å². The van der Waals surface area contributed by atoms with Crippen molar-refractivity contribution >= 4 is 33.2 Å². The highest BCUT2D eigenvalue weighted by Crippen LogP contribution is 2.38. The molecule has 0 radical (unpaired) electrons. The van der Waals surface area contributed by atoms with Crippen molar-refractivity contribution in [3.63, 3.8) is 0 Å². The molecule has 0 aliphatic carbocycles. The number of fused-ring (bicyclic) bond motifs is 1. The Morgan fingerprint density at radius 2 is 1.87 bits per heavy atom. The summed E-state index contributed by atoms with van der Waals surface area (Å²) < 4.78 is 32.0. The first-order valence-corrected chi connectivity index (χ1v) is 12.0. The predicted molar refractivity (Wildman–Crippen MR) is 120 cm³/mol. The minimum atomic E-state index is -3.57. The van der Waals surface area contributed by atoms with Gasteiger partial charge in [-0.1, -0.05) is 50.6 Å². The quantitative estimate of drug-likeness (QED) is 0.756. The summed E-state index contributed by atoms with van der Waals surface area (Å²) in [7, 11) is -3.57. The Labute approximate surface area is 183 Å². The molecule has 1 atom stereocenters. The summed E-state index contributed by atoms with van der Waals surface area (Å²) in [5.74, 6) is 0.0423. The highest BCUT2D eigenvalue weighted by atomic mass is 35.5. The van der Waals surface area contributed by atoms with E-state index >= 15 is 0 Å².